The topological polar surface area (TPSA) is 44.7 Å². The number of nitrogens with one attached hydrogen (secondary N) is 1. The van der Waals surface area contributed by atoms with Crippen LogP contribution in [0.1, 0.15) is 32.1 Å². The summed E-state index contributed by atoms with van der Waals surface area (Å²) in [5.74, 6) is 0. The van der Waals surface area contributed by atoms with Gasteiger partial charge >= 0.3 is 0 Å². The average Bonchev–Trinajstić information content (AvgIpc) is 2.32. The number of hydrogen-bond acceptors (Lipinski definition) is 4. The minimum atomic E-state index is 0.227. The summed E-state index contributed by atoms with van der Waals surface area (Å²) in [5.41, 5.74) is 0. The van der Waals surface area contributed by atoms with Crippen LogP contribution in [0.4, 0.5) is 0 Å². The zero-order valence-corrected chi connectivity index (χ0v) is 11.3. The molecule has 17 heavy (non-hydrogen) atoms. The van der Waals surface area contributed by atoms with Crippen LogP contribution < -0.4 is 5.32 Å². The molecule has 4 nitrogen and oxygen atoms in total. The van der Waals surface area contributed by atoms with Gasteiger partial charge < -0.3 is 20.1 Å². The van der Waals surface area contributed by atoms with Gasteiger partial charge in [-0.2, -0.15) is 0 Å². The Morgan fingerprint density at radius 3 is 2.94 bits per heavy atom. The second-order valence-corrected chi connectivity index (χ2v) is 5.04. The molecule has 0 bridgehead atoms. The third-order valence-corrected chi connectivity index (χ3v) is 3.68. The van der Waals surface area contributed by atoms with Gasteiger partial charge in [0.05, 0.1) is 6.61 Å². The first-order valence-corrected chi connectivity index (χ1v) is 6.81. The second-order valence-electron chi connectivity index (χ2n) is 5.04. The largest absolute Gasteiger partial charge is 0.396 e. The number of aliphatic hydroxyl groups is 1. The lowest BCUT2D eigenvalue weighted by atomic mass is 10.00. The fourth-order valence-electron chi connectivity index (χ4n) is 2.56. The normalized spacial score (nSPS) is 23.8. The minimum absolute atomic E-state index is 0.227. The molecule has 0 aromatic heterocycles. The summed E-state index contributed by atoms with van der Waals surface area (Å²) in [5, 5.41) is 12.4. The lowest BCUT2D eigenvalue weighted by Gasteiger charge is -2.33. The fourth-order valence-corrected chi connectivity index (χ4v) is 2.56. The van der Waals surface area contributed by atoms with Crippen LogP contribution in [0.2, 0.25) is 0 Å². The van der Waals surface area contributed by atoms with Crippen LogP contribution in [0.3, 0.4) is 0 Å². The summed E-state index contributed by atoms with van der Waals surface area (Å²) in [6, 6.07) is 1.02. The Bertz CT molecular complexity index is 184. The molecule has 2 atom stereocenters. The maximum Gasteiger partial charge on any atom is 0.0616 e. The van der Waals surface area contributed by atoms with E-state index >= 15 is 0 Å². The van der Waals surface area contributed by atoms with E-state index in [0.717, 1.165) is 19.0 Å². The molecule has 0 spiro atoms. The smallest absolute Gasteiger partial charge is 0.0616 e. The number of ether oxygens (including phenoxy) is 1. The Labute approximate surface area is 105 Å². The van der Waals surface area contributed by atoms with Crippen molar-refractivity contribution in [1.29, 1.82) is 0 Å². The molecular weight excluding hydrogens is 216 g/mol. The Kier molecular flexibility index (Phi) is 7.77. The van der Waals surface area contributed by atoms with Crippen molar-refractivity contribution in [1.82, 2.24) is 10.2 Å². The molecule has 0 aromatic carbocycles. The quantitative estimate of drug-likeness (QED) is 0.664. The molecule has 1 saturated heterocycles. The van der Waals surface area contributed by atoms with E-state index in [-0.39, 0.29) is 6.61 Å². The molecule has 1 aliphatic rings. The molecule has 0 amide bonds. The van der Waals surface area contributed by atoms with Crippen LogP contribution in [0.25, 0.3) is 0 Å². The Morgan fingerprint density at radius 2 is 2.29 bits per heavy atom. The summed E-state index contributed by atoms with van der Waals surface area (Å²) in [4.78, 5) is 2.47. The Hall–Kier alpha value is -0.160. The van der Waals surface area contributed by atoms with Crippen LogP contribution in [-0.4, -0.2) is 62.6 Å². The van der Waals surface area contributed by atoms with Crippen molar-refractivity contribution < 1.29 is 9.84 Å². The highest BCUT2D eigenvalue weighted by atomic mass is 16.5. The summed E-state index contributed by atoms with van der Waals surface area (Å²) in [7, 11) is 3.94. The minimum Gasteiger partial charge on any atom is -0.396 e. The van der Waals surface area contributed by atoms with Crippen molar-refractivity contribution in [3.05, 3.63) is 0 Å². The van der Waals surface area contributed by atoms with Gasteiger partial charge in [-0.05, 0) is 45.8 Å². The molecular formula is C13H28N2O2. The molecule has 0 radical (unpaired) electrons. The van der Waals surface area contributed by atoms with Crippen LogP contribution in [0.5, 0.6) is 0 Å². The maximum atomic E-state index is 8.95. The monoisotopic (exact) mass is 244 g/mol. The van der Waals surface area contributed by atoms with E-state index in [2.05, 4.69) is 17.3 Å². The molecule has 1 fully saturated rings. The van der Waals surface area contributed by atoms with Crippen molar-refractivity contribution in [3.8, 4) is 0 Å². The maximum absolute atomic E-state index is 8.95. The van der Waals surface area contributed by atoms with Crippen LogP contribution in [0.15, 0.2) is 0 Å². The molecule has 0 saturated carbocycles. The Balaban J connectivity index is 2.15. The van der Waals surface area contributed by atoms with Crippen LogP contribution in [0, 0.1) is 0 Å². The van der Waals surface area contributed by atoms with Crippen molar-refractivity contribution in [2.45, 2.75) is 44.2 Å². The van der Waals surface area contributed by atoms with Gasteiger partial charge in [0.15, 0.2) is 0 Å². The van der Waals surface area contributed by atoms with Crippen molar-refractivity contribution in [2.24, 2.45) is 0 Å². The number of nitrogens with zero attached hydrogens (tertiary/aromatic N) is 1. The zero-order chi connectivity index (χ0) is 12.5. The number of likely N-dealkylation sites (tertiary alicyclic amines) is 1. The first-order chi connectivity index (χ1) is 8.27. The van der Waals surface area contributed by atoms with E-state index in [1.54, 1.807) is 7.11 Å². The highest BCUT2D eigenvalue weighted by Crippen LogP contribution is 2.17. The highest BCUT2D eigenvalue weighted by Gasteiger charge is 2.18. The number of rotatable bonds is 8. The van der Waals surface area contributed by atoms with E-state index in [0.29, 0.717) is 12.6 Å². The third-order valence-electron chi connectivity index (χ3n) is 3.68. The van der Waals surface area contributed by atoms with E-state index in [4.69, 9.17) is 9.84 Å². The molecule has 2 N–H and O–H groups in total. The fraction of sp³-hybridized carbons (Fsp3) is 1.00. The summed E-state index contributed by atoms with van der Waals surface area (Å²) in [6.07, 6.45) is 6.01. The number of methoxy groups -OCH3 is 1. The van der Waals surface area contributed by atoms with Gasteiger partial charge in [-0.1, -0.05) is 6.42 Å². The molecule has 1 rings (SSSR count). The molecule has 1 aliphatic heterocycles. The van der Waals surface area contributed by atoms with Gasteiger partial charge in [0.25, 0.3) is 0 Å². The summed E-state index contributed by atoms with van der Waals surface area (Å²) in [6.45, 7) is 3.16. The first kappa shape index (κ1) is 14.9. The molecule has 0 aliphatic carbocycles. The standard InChI is InChI=1S/C13H28N2O2/c1-15-9-4-3-5-13(15)6-8-14-12(7-10-16)11-17-2/h12-14,16H,3-11H2,1-2H3. The summed E-state index contributed by atoms with van der Waals surface area (Å²) < 4.78 is 5.14. The Morgan fingerprint density at radius 1 is 1.47 bits per heavy atom. The van der Waals surface area contributed by atoms with Crippen molar-refractivity contribution >= 4 is 0 Å². The van der Waals surface area contributed by atoms with E-state index < -0.39 is 0 Å². The highest BCUT2D eigenvalue weighted by molar-refractivity contribution is 4.76. The first-order valence-electron chi connectivity index (χ1n) is 6.81. The SMILES string of the molecule is COCC(CCO)NCCC1CCCCN1C. The van der Waals surface area contributed by atoms with E-state index in [9.17, 15) is 0 Å². The van der Waals surface area contributed by atoms with Gasteiger partial charge in [0.1, 0.15) is 0 Å². The number of aliphatic hydroxyl groups excluding tert-OH is 1. The summed E-state index contributed by atoms with van der Waals surface area (Å²) >= 11 is 0. The number of hydrogen-bond donors (Lipinski definition) is 2. The predicted molar refractivity (Wildman–Crippen MR) is 70.3 cm³/mol. The van der Waals surface area contributed by atoms with Crippen LogP contribution in [-0.2, 0) is 4.74 Å². The van der Waals surface area contributed by atoms with E-state index in [1.165, 1.54) is 32.2 Å². The van der Waals surface area contributed by atoms with Gasteiger partial charge in [-0.15, -0.1) is 0 Å². The number of piperidine rings is 1. The molecule has 1 heterocycles. The van der Waals surface area contributed by atoms with Gasteiger partial charge in [-0.25, -0.2) is 0 Å². The third kappa shape index (κ3) is 5.82. The molecule has 4 heteroatoms. The predicted octanol–water partition coefficient (Wildman–Crippen LogP) is 0.848. The van der Waals surface area contributed by atoms with E-state index in [1.807, 2.05) is 0 Å². The van der Waals surface area contributed by atoms with Crippen molar-refractivity contribution in [3.63, 3.8) is 0 Å². The lowest BCUT2D eigenvalue weighted by Crippen LogP contribution is -2.41. The molecule has 2 unspecified atom stereocenters. The zero-order valence-electron chi connectivity index (χ0n) is 11.3. The van der Waals surface area contributed by atoms with Gasteiger partial charge in [0, 0.05) is 25.8 Å². The van der Waals surface area contributed by atoms with Crippen molar-refractivity contribution in [2.75, 3.05) is 40.5 Å². The second kappa shape index (κ2) is 8.86. The lowest BCUT2D eigenvalue weighted by molar-refractivity contribution is 0.141. The molecule has 102 valence electrons. The van der Waals surface area contributed by atoms with Crippen LogP contribution >= 0.6 is 0 Å². The average molecular weight is 244 g/mol. The van der Waals surface area contributed by atoms with Gasteiger partial charge in [0.2, 0.25) is 0 Å². The van der Waals surface area contributed by atoms with Gasteiger partial charge in [-0.3, -0.25) is 0 Å². The molecule has 0 aromatic rings.